The van der Waals surface area contributed by atoms with Gasteiger partial charge in [0.15, 0.2) is 0 Å². The van der Waals surface area contributed by atoms with E-state index in [-0.39, 0.29) is 0 Å². The van der Waals surface area contributed by atoms with Crippen LogP contribution in [-0.2, 0) is 31.0 Å². The summed E-state index contributed by atoms with van der Waals surface area (Å²) in [5.41, 5.74) is 0. The fourth-order valence-electron chi connectivity index (χ4n) is 0.312. The smallest absolute Gasteiger partial charge is 0.216 e. The van der Waals surface area contributed by atoms with Crippen LogP contribution in [0.2, 0.25) is 0 Å². The highest BCUT2D eigenvalue weighted by molar-refractivity contribution is 7.88. The highest BCUT2D eigenvalue weighted by atomic mass is 32.2. The second-order valence-corrected chi connectivity index (χ2v) is 5.08. The summed E-state index contributed by atoms with van der Waals surface area (Å²) < 4.78 is 61.6. The first-order chi connectivity index (χ1) is 6.19. The second-order valence-electron chi connectivity index (χ2n) is 1.78. The van der Waals surface area contributed by atoms with E-state index in [2.05, 4.69) is 8.13 Å². The highest BCUT2D eigenvalue weighted by Crippen LogP contribution is 1.67. The molecule has 0 saturated carbocycles. The van der Waals surface area contributed by atoms with Crippen LogP contribution >= 0.6 is 0 Å². The van der Waals surface area contributed by atoms with E-state index in [4.69, 9.17) is 0 Å². The van der Waals surface area contributed by atoms with Crippen molar-refractivity contribution in [1.82, 2.24) is 8.13 Å². The number of nitrogens with zero attached hydrogens (tertiary/aromatic N) is 1. The third-order valence-corrected chi connectivity index (χ3v) is 2.32. The van der Waals surface area contributed by atoms with Crippen molar-refractivity contribution in [3.05, 3.63) is 0 Å². The van der Waals surface area contributed by atoms with Crippen LogP contribution in [0.25, 0.3) is 0 Å². The molecule has 0 aliphatic carbocycles. The van der Waals surface area contributed by atoms with Crippen LogP contribution in [0.4, 0.5) is 0 Å². The fourth-order valence-corrected chi connectivity index (χ4v) is 1.23. The van der Waals surface area contributed by atoms with E-state index in [9.17, 15) is 25.3 Å². The molecule has 0 amide bonds. The molecular formula is C3H9N2O6S3+. The van der Waals surface area contributed by atoms with Crippen molar-refractivity contribution in [1.29, 1.82) is 0 Å². The Bertz CT molecular complexity index is 473. The predicted molar refractivity (Wildman–Crippen MR) is 48.5 cm³/mol. The van der Waals surface area contributed by atoms with Gasteiger partial charge in [-0.05, 0) is 0 Å². The standard InChI is InChI=1S/C3H9NO2S.NO4S2/c1-3-4-7(2,5)6;2-6(3)1-7(4)5/h4H,3H2,1-2H3;/q;+1. The Morgan fingerprint density at radius 1 is 1.14 bits per heavy atom. The lowest BCUT2D eigenvalue weighted by Gasteiger charge is -1.91. The van der Waals surface area contributed by atoms with Crippen LogP contribution in [0.1, 0.15) is 6.92 Å². The minimum absolute atomic E-state index is 0.471. The van der Waals surface area contributed by atoms with Crippen LogP contribution in [0.15, 0.2) is 0 Å². The Morgan fingerprint density at radius 2 is 1.50 bits per heavy atom. The summed E-state index contributed by atoms with van der Waals surface area (Å²) in [5.74, 6) is 0. The Labute approximate surface area is 84.4 Å². The van der Waals surface area contributed by atoms with E-state index < -0.39 is 31.0 Å². The van der Waals surface area contributed by atoms with Gasteiger partial charge in [0.25, 0.3) is 0 Å². The summed E-state index contributed by atoms with van der Waals surface area (Å²) in [6.45, 7) is 2.21. The number of hydrogen-bond donors (Lipinski definition) is 1. The Balaban J connectivity index is 0. The Kier molecular flexibility index (Phi) is 8.58. The van der Waals surface area contributed by atoms with E-state index in [1.165, 1.54) is 0 Å². The minimum atomic E-state index is -2.92. The van der Waals surface area contributed by atoms with Gasteiger partial charge in [-0.25, -0.2) is 13.1 Å². The van der Waals surface area contributed by atoms with Crippen molar-refractivity contribution in [3.8, 4) is 0 Å². The summed E-state index contributed by atoms with van der Waals surface area (Å²) in [6.07, 6.45) is 1.14. The van der Waals surface area contributed by atoms with Crippen molar-refractivity contribution in [2.75, 3.05) is 12.8 Å². The van der Waals surface area contributed by atoms with E-state index in [0.29, 0.717) is 6.54 Å². The number of rotatable bonds is 2. The van der Waals surface area contributed by atoms with Gasteiger partial charge >= 0.3 is 21.0 Å². The van der Waals surface area contributed by atoms with E-state index in [1.807, 2.05) is 0 Å². The van der Waals surface area contributed by atoms with Gasteiger partial charge in [0.05, 0.1) is 6.26 Å². The first kappa shape index (κ1) is 15.7. The molecule has 0 aromatic heterocycles. The van der Waals surface area contributed by atoms with Gasteiger partial charge in [-0.15, -0.1) is 16.8 Å². The molecule has 0 aliphatic heterocycles. The molecule has 14 heavy (non-hydrogen) atoms. The molecule has 8 nitrogen and oxygen atoms in total. The van der Waals surface area contributed by atoms with Crippen molar-refractivity contribution in [3.63, 3.8) is 0 Å². The van der Waals surface area contributed by atoms with Gasteiger partial charge in [0.1, 0.15) is 0 Å². The van der Waals surface area contributed by atoms with Crippen LogP contribution < -0.4 is 8.13 Å². The largest absolute Gasteiger partial charge is 0.610 e. The minimum Gasteiger partial charge on any atom is -0.216 e. The summed E-state index contributed by atoms with van der Waals surface area (Å²) in [5, 5.41) is 0. The zero-order valence-electron chi connectivity index (χ0n) is 7.33. The Morgan fingerprint density at radius 3 is 1.50 bits per heavy atom. The maximum atomic E-state index is 10.1. The first-order valence-corrected chi connectivity index (χ1v) is 6.99. The Hall–Kier alpha value is -0.740. The lowest BCUT2D eigenvalue weighted by molar-refractivity contribution is 0.590. The molecule has 11 heteroatoms. The molecule has 1 N–H and O–H groups in total. The van der Waals surface area contributed by atoms with Gasteiger partial charge in [-0.1, -0.05) is 6.92 Å². The van der Waals surface area contributed by atoms with E-state index >= 15 is 0 Å². The van der Waals surface area contributed by atoms with Gasteiger partial charge in [-0.2, -0.15) is 0 Å². The molecule has 0 bridgehead atoms. The predicted octanol–water partition coefficient (Wildman–Crippen LogP) is -2.27. The summed E-state index contributed by atoms with van der Waals surface area (Å²) in [4.78, 5) is 0. The van der Waals surface area contributed by atoms with Crippen LogP contribution in [0.5, 0.6) is 0 Å². The average Bonchev–Trinajstić information content (AvgIpc) is 1.80. The van der Waals surface area contributed by atoms with Crippen molar-refractivity contribution < 1.29 is 25.3 Å². The van der Waals surface area contributed by atoms with Crippen molar-refractivity contribution in [2.24, 2.45) is 0 Å². The van der Waals surface area contributed by atoms with Crippen molar-refractivity contribution in [2.45, 2.75) is 6.92 Å². The summed E-state index contributed by atoms with van der Waals surface area (Å²) in [7, 11) is -8.59. The van der Waals surface area contributed by atoms with Gasteiger partial charge < -0.3 is 0 Å². The molecule has 0 fully saturated rings. The molecule has 0 heterocycles. The number of nitrogens with one attached hydrogen (secondary N) is 1. The summed E-state index contributed by atoms with van der Waals surface area (Å²) in [6, 6.07) is 0. The normalized spacial score (nSPS) is 9.29. The van der Waals surface area contributed by atoms with Crippen molar-refractivity contribution >= 4 is 31.0 Å². The van der Waals surface area contributed by atoms with Crippen LogP contribution in [-0.4, -0.2) is 38.1 Å². The van der Waals surface area contributed by atoms with Gasteiger partial charge in [-0.3, -0.25) is 0 Å². The maximum Gasteiger partial charge on any atom is 0.610 e. The molecule has 0 saturated heterocycles. The lowest BCUT2D eigenvalue weighted by Crippen LogP contribution is -2.20. The zero-order valence-corrected chi connectivity index (χ0v) is 9.78. The maximum absolute atomic E-state index is 10.1. The highest BCUT2D eigenvalue weighted by Gasteiger charge is 1.92. The molecule has 0 atom stereocenters. The second kappa shape index (κ2) is 7.64. The quantitative estimate of drug-likeness (QED) is 0.561. The lowest BCUT2D eigenvalue weighted by atomic mass is 10.8. The molecule has 0 spiro atoms. The fraction of sp³-hybridized carbons (Fsp3) is 1.00. The zero-order chi connectivity index (χ0) is 11.8. The van der Waals surface area contributed by atoms with Crippen LogP contribution in [0, 0.1) is 0 Å². The molecular weight excluding hydrogens is 256 g/mol. The monoisotopic (exact) mass is 265 g/mol. The topological polar surface area (TPSA) is 129 Å². The molecule has 0 aromatic rings. The number of sulfonamides is 1. The first-order valence-electron chi connectivity index (χ1n) is 3.04. The SMILES string of the molecule is CCNS(C)(=O)=O.O=S(=O)=[N+]=S(=O)=O. The number of hydrogen-bond acceptors (Lipinski definition) is 6. The molecule has 84 valence electrons. The molecule has 0 aromatic carbocycles. The molecule has 0 rings (SSSR count). The molecule has 0 unspecified atom stereocenters. The summed E-state index contributed by atoms with van der Waals surface area (Å²) >= 11 is 0. The van der Waals surface area contributed by atoms with E-state index in [1.54, 1.807) is 6.92 Å². The van der Waals surface area contributed by atoms with Crippen LogP contribution in [0.3, 0.4) is 0 Å². The average molecular weight is 265 g/mol. The van der Waals surface area contributed by atoms with E-state index in [0.717, 1.165) is 6.26 Å². The third kappa shape index (κ3) is 22.5. The molecule has 0 radical (unpaired) electrons. The van der Waals surface area contributed by atoms with Gasteiger partial charge in [0, 0.05) is 6.54 Å². The molecule has 0 aliphatic rings. The third-order valence-electron chi connectivity index (χ3n) is 0.528. The van der Waals surface area contributed by atoms with Gasteiger partial charge in [0.2, 0.25) is 13.4 Å².